The smallest absolute Gasteiger partial charge is 0.251 e. The molecule has 1 amide bonds. The summed E-state index contributed by atoms with van der Waals surface area (Å²) in [7, 11) is 1.71. The number of nitrogens with one attached hydrogen (secondary N) is 2. The molecule has 0 aromatic heterocycles. The van der Waals surface area contributed by atoms with E-state index in [2.05, 4.69) is 22.8 Å². The van der Waals surface area contributed by atoms with Crippen molar-refractivity contribution in [3.63, 3.8) is 0 Å². The molecule has 126 valence electrons. The predicted octanol–water partition coefficient (Wildman–Crippen LogP) is 2.84. The Labute approximate surface area is 139 Å². The minimum Gasteiger partial charge on any atom is -0.382 e. The Morgan fingerprint density at radius 1 is 1.35 bits per heavy atom. The lowest BCUT2D eigenvalue weighted by Gasteiger charge is -2.30. The fourth-order valence-corrected chi connectivity index (χ4v) is 4.02. The van der Waals surface area contributed by atoms with Crippen LogP contribution in [-0.4, -0.2) is 38.3 Å². The van der Waals surface area contributed by atoms with Gasteiger partial charge in [-0.2, -0.15) is 0 Å². The molecule has 0 radical (unpaired) electrons. The van der Waals surface area contributed by atoms with Crippen LogP contribution in [0.4, 0.5) is 0 Å². The van der Waals surface area contributed by atoms with Gasteiger partial charge in [-0.1, -0.05) is 25.0 Å². The molecule has 1 saturated heterocycles. The molecule has 1 atom stereocenters. The van der Waals surface area contributed by atoms with Crippen LogP contribution >= 0.6 is 0 Å². The highest BCUT2D eigenvalue weighted by molar-refractivity contribution is 5.95. The summed E-state index contributed by atoms with van der Waals surface area (Å²) < 4.78 is 5.36. The summed E-state index contributed by atoms with van der Waals surface area (Å²) in [6, 6.07) is 8.15. The molecule has 3 rings (SSSR count). The van der Waals surface area contributed by atoms with Gasteiger partial charge in [0.05, 0.1) is 12.1 Å². The van der Waals surface area contributed by atoms with Crippen molar-refractivity contribution in [3.05, 3.63) is 35.4 Å². The maximum absolute atomic E-state index is 12.7. The molecule has 0 unspecified atom stereocenters. The Morgan fingerprint density at radius 3 is 2.87 bits per heavy atom. The Bertz CT molecular complexity index is 532. The van der Waals surface area contributed by atoms with E-state index in [9.17, 15) is 4.79 Å². The van der Waals surface area contributed by atoms with Gasteiger partial charge in [0.25, 0.3) is 5.91 Å². The average Bonchev–Trinajstić information content (AvgIpc) is 3.04. The summed E-state index contributed by atoms with van der Waals surface area (Å²) >= 11 is 0. The normalized spacial score (nSPS) is 23.6. The number of piperidine rings is 1. The van der Waals surface area contributed by atoms with Crippen molar-refractivity contribution in [1.29, 1.82) is 0 Å². The topological polar surface area (TPSA) is 50.4 Å². The third kappa shape index (κ3) is 3.93. The average molecular weight is 316 g/mol. The van der Waals surface area contributed by atoms with Crippen LogP contribution < -0.4 is 10.6 Å². The molecule has 23 heavy (non-hydrogen) atoms. The first-order chi connectivity index (χ1) is 11.2. The van der Waals surface area contributed by atoms with Crippen LogP contribution in [0, 0.1) is 0 Å². The molecule has 0 bridgehead atoms. The fraction of sp³-hybridized carbons (Fsp3) is 0.632. The highest BCUT2D eigenvalue weighted by Gasteiger charge is 2.35. The molecule has 1 aromatic carbocycles. The molecule has 2 N–H and O–H groups in total. The number of hydrogen-bond acceptors (Lipinski definition) is 3. The van der Waals surface area contributed by atoms with Gasteiger partial charge in [0.2, 0.25) is 0 Å². The number of methoxy groups -OCH3 is 1. The van der Waals surface area contributed by atoms with Gasteiger partial charge >= 0.3 is 0 Å². The van der Waals surface area contributed by atoms with Crippen LogP contribution in [0.2, 0.25) is 0 Å². The molecule has 1 aliphatic heterocycles. The second kappa shape index (κ2) is 7.45. The van der Waals surface area contributed by atoms with Crippen molar-refractivity contribution in [2.75, 3.05) is 26.8 Å². The van der Waals surface area contributed by atoms with Crippen molar-refractivity contribution < 1.29 is 9.53 Å². The van der Waals surface area contributed by atoms with Crippen LogP contribution in [-0.2, 0) is 4.74 Å². The molecule has 2 fully saturated rings. The summed E-state index contributed by atoms with van der Waals surface area (Å²) in [5, 5.41) is 6.71. The lowest BCUT2D eigenvalue weighted by atomic mass is 9.90. The largest absolute Gasteiger partial charge is 0.382 e. The first-order valence-electron chi connectivity index (χ1n) is 8.85. The van der Waals surface area contributed by atoms with Crippen molar-refractivity contribution >= 4 is 5.91 Å². The van der Waals surface area contributed by atoms with Gasteiger partial charge in [-0.15, -0.1) is 0 Å². The van der Waals surface area contributed by atoms with Crippen LogP contribution in [0.5, 0.6) is 0 Å². The zero-order valence-corrected chi connectivity index (χ0v) is 14.1. The predicted molar refractivity (Wildman–Crippen MR) is 91.8 cm³/mol. The minimum absolute atomic E-state index is 0.0366. The van der Waals surface area contributed by atoms with Crippen LogP contribution in [0.15, 0.2) is 24.3 Å². The van der Waals surface area contributed by atoms with Crippen LogP contribution in [0.1, 0.15) is 60.4 Å². The van der Waals surface area contributed by atoms with Crippen molar-refractivity contribution in [2.45, 2.75) is 50.0 Å². The number of carbonyl (C=O) groups excluding carboxylic acids is 1. The third-order valence-corrected chi connectivity index (χ3v) is 5.28. The maximum Gasteiger partial charge on any atom is 0.251 e. The summed E-state index contributed by atoms with van der Waals surface area (Å²) in [4.78, 5) is 12.7. The van der Waals surface area contributed by atoms with E-state index in [4.69, 9.17) is 4.74 Å². The minimum atomic E-state index is -0.172. The van der Waals surface area contributed by atoms with Crippen LogP contribution in [0.3, 0.4) is 0 Å². The molecular formula is C19H28N2O2. The third-order valence-electron chi connectivity index (χ3n) is 5.28. The first kappa shape index (κ1) is 16.5. The van der Waals surface area contributed by atoms with E-state index in [0.29, 0.717) is 12.5 Å². The number of benzene rings is 1. The van der Waals surface area contributed by atoms with E-state index in [1.807, 2.05) is 12.1 Å². The van der Waals surface area contributed by atoms with Gasteiger partial charge in [-0.3, -0.25) is 4.79 Å². The van der Waals surface area contributed by atoms with Gasteiger partial charge < -0.3 is 15.4 Å². The van der Waals surface area contributed by atoms with Gasteiger partial charge in [-0.25, -0.2) is 0 Å². The zero-order chi connectivity index (χ0) is 16.1. The lowest BCUT2D eigenvalue weighted by Crippen LogP contribution is -2.49. The quantitative estimate of drug-likeness (QED) is 0.878. The number of ether oxygens (including phenoxy) is 1. The molecule has 4 heteroatoms. The molecule has 1 aromatic rings. The summed E-state index contributed by atoms with van der Waals surface area (Å²) in [5.41, 5.74) is 1.88. The van der Waals surface area contributed by atoms with E-state index in [1.54, 1.807) is 7.11 Å². The van der Waals surface area contributed by atoms with E-state index in [-0.39, 0.29) is 11.4 Å². The highest BCUT2D eigenvalue weighted by atomic mass is 16.5. The molecule has 0 spiro atoms. The molecule has 1 saturated carbocycles. The van der Waals surface area contributed by atoms with Crippen molar-refractivity contribution in [3.8, 4) is 0 Å². The lowest BCUT2D eigenvalue weighted by molar-refractivity contribution is 0.0767. The highest BCUT2D eigenvalue weighted by Crippen LogP contribution is 2.30. The van der Waals surface area contributed by atoms with E-state index < -0.39 is 0 Å². The SMILES string of the molecule is COCC1(NC(=O)c2cccc([C@H]3CCCNC3)c2)CCCC1. The number of hydrogen-bond donors (Lipinski definition) is 2. The van der Waals surface area contributed by atoms with E-state index in [1.165, 1.54) is 18.4 Å². The monoisotopic (exact) mass is 316 g/mol. The number of carbonyl (C=O) groups is 1. The van der Waals surface area contributed by atoms with Gasteiger partial charge in [0.15, 0.2) is 0 Å². The second-order valence-corrected chi connectivity index (χ2v) is 7.04. The van der Waals surface area contributed by atoms with E-state index in [0.717, 1.165) is 44.3 Å². The Hall–Kier alpha value is -1.39. The van der Waals surface area contributed by atoms with Crippen molar-refractivity contribution in [2.24, 2.45) is 0 Å². The van der Waals surface area contributed by atoms with Gasteiger partial charge in [-0.05, 0) is 55.8 Å². The maximum atomic E-state index is 12.7. The Kier molecular flexibility index (Phi) is 5.34. The van der Waals surface area contributed by atoms with Gasteiger partial charge in [0, 0.05) is 19.2 Å². The summed E-state index contributed by atoms with van der Waals surface area (Å²) in [5.74, 6) is 0.561. The Morgan fingerprint density at radius 2 is 2.17 bits per heavy atom. The summed E-state index contributed by atoms with van der Waals surface area (Å²) in [6.45, 7) is 2.72. The van der Waals surface area contributed by atoms with Crippen molar-refractivity contribution in [1.82, 2.24) is 10.6 Å². The molecule has 1 aliphatic carbocycles. The first-order valence-corrected chi connectivity index (χ1v) is 8.85. The van der Waals surface area contributed by atoms with Crippen LogP contribution in [0.25, 0.3) is 0 Å². The molecule has 2 aliphatic rings. The molecular weight excluding hydrogens is 288 g/mol. The Balaban J connectivity index is 1.71. The molecule has 1 heterocycles. The molecule has 4 nitrogen and oxygen atoms in total. The number of rotatable bonds is 5. The summed E-state index contributed by atoms with van der Waals surface area (Å²) in [6.07, 6.45) is 6.76. The van der Waals surface area contributed by atoms with E-state index >= 15 is 0 Å². The standard InChI is InChI=1S/C19H28N2O2/c1-23-14-19(9-2-3-10-19)21-18(22)16-7-4-6-15(12-16)17-8-5-11-20-13-17/h4,6-7,12,17,20H,2-3,5,8-11,13-14H2,1H3,(H,21,22)/t17-/m0/s1. The number of amides is 1. The zero-order valence-electron chi connectivity index (χ0n) is 14.1. The van der Waals surface area contributed by atoms with Gasteiger partial charge in [0.1, 0.15) is 0 Å². The second-order valence-electron chi connectivity index (χ2n) is 7.04. The fourth-order valence-electron chi connectivity index (χ4n) is 4.02.